The molecular formula is C9H16O5. The van der Waals surface area contributed by atoms with E-state index in [4.69, 9.17) is 10.2 Å². The molecule has 82 valence electrons. The van der Waals surface area contributed by atoms with Gasteiger partial charge in [-0.2, -0.15) is 0 Å². The van der Waals surface area contributed by atoms with E-state index in [1.165, 1.54) is 6.92 Å². The molecule has 0 saturated carbocycles. The number of hydrogen-bond acceptors (Lipinski definition) is 3. The largest absolute Gasteiger partial charge is 0.481 e. The Morgan fingerprint density at radius 2 is 1.71 bits per heavy atom. The lowest BCUT2D eigenvalue weighted by atomic mass is 9.77. The van der Waals surface area contributed by atoms with Gasteiger partial charge in [0.1, 0.15) is 5.41 Å². The zero-order valence-electron chi connectivity index (χ0n) is 8.52. The molecular weight excluding hydrogens is 188 g/mol. The molecule has 5 nitrogen and oxygen atoms in total. The summed E-state index contributed by atoms with van der Waals surface area (Å²) in [5, 5.41) is 26.7. The van der Waals surface area contributed by atoms with Crippen molar-refractivity contribution in [3.05, 3.63) is 0 Å². The first-order chi connectivity index (χ1) is 6.21. The average molecular weight is 204 g/mol. The van der Waals surface area contributed by atoms with Gasteiger partial charge in [-0.25, -0.2) is 4.79 Å². The van der Waals surface area contributed by atoms with Gasteiger partial charge < -0.3 is 15.3 Å². The Balaban J connectivity index is 4.89. The van der Waals surface area contributed by atoms with Crippen LogP contribution in [-0.2, 0) is 9.59 Å². The molecule has 0 aliphatic heterocycles. The van der Waals surface area contributed by atoms with Crippen LogP contribution in [0.4, 0.5) is 0 Å². The third-order valence-corrected chi connectivity index (χ3v) is 2.16. The predicted octanol–water partition coefficient (Wildman–Crippen LogP) is 0.569. The molecule has 0 spiro atoms. The lowest BCUT2D eigenvalue weighted by molar-refractivity contribution is -0.169. The standard InChI is InChI=1S/C9H16O5/c1-5(2)4-9(3,8(13)14)6(10)7(11)12/h5-6,10H,4H2,1-3H3,(H,11,12)(H,13,14). The summed E-state index contributed by atoms with van der Waals surface area (Å²) in [7, 11) is 0. The topological polar surface area (TPSA) is 94.8 Å². The number of aliphatic carboxylic acids is 2. The first kappa shape index (κ1) is 12.9. The summed E-state index contributed by atoms with van der Waals surface area (Å²) in [6, 6.07) is 0. The van der Waals surface area contributed by atoms with Gasteiger partial charge in [0.25, 0.3) is 0 Å². The third kappa shape index (κ3) is 2.70. The van der Waals surface area contributed by atoms with Gasteiger partial charge in [-0.1, -0.05) is 13.8 Å². The summed E-state index contributed by atoms with van der Waals surface area (Å²) in [5.41, 5.74) is -1.62. The fourth-order valence-electron chi connectivity index (χ4n) is 1.44. The summed E-state index contributed by atoms with van der Waals surface area (Å²) in [6.07, 6.45) is -1.75. The Kier molecular flexibility index (Phi) is 4.07. The lowest BCUT2D eigenvalue weighted by Crippen LogP contribution is -2.45. The second-order valence-corrected chi connectivity index (χ2v) is 4.06. The van der Waals surface area contributed by atoms with E-state index < -0.39 is 23.5 Å². The monoisotopic (exact) mass is 204 g/mol. The van der Waals surface area contributed by atoms with E-state index >= 15 is 0 Å². The van der Waals surface area contributed by atoms with Crippen LogP contribution >= 0.6 is 0 Å². The van der Waals surface area contributed by atoms with Crippen molar-refractivity contribution in [1.29, 1.82) is 0 Å². The highest BCUT2D eigenvalue weighted by atomic mass is 16.4. The Bertz CT molecular complexity index is 235. The molecule has 0 bridgehead atoms. The highest BCUT2D eigenvalue weighted by molar-refractivity contribution is 5.84. The Morgan fingerprint density at radius 1 is 1.29 bits per heavy atom. The van der Waals surface area contributed by atoms with Crippen LogP contribution in [0.15, 0.2) is 0 Å². The molecule has 14 heavy (non-hydrogen) atoms. The average Bonchev–Trinajstić information content (AvgIpc) is 2.00. The number of carboxylic acids is 2. The number of aliphatic hydroxyl groups excluding tert-OH is 1. The summed E-state index contributed by atoms with van der Waals surface area (Å²) in [4.78, 5) is 21.4. The zero-order valence-corrected chi connectivity index (χ0v) is 8.52. The van der Waals surface area contributed by atoms with Gasteiger partial charge >= 0.3 is 11.9 Å². The van der Waals surface area contributed by atoms with E-state index in [2.05, 4.69) is 0 Å². The van der Waals surface area contributed by atoms with Crippen molar-refractivity contribution in [2.45, 2.75) is 33.3 Å². The van der Waals surface area contributed by atoms with Crippen LogP contribution in [0.5, 0.6) is 0 Å². The summed E-state index contributed by atoms with van der Waals surface area (Å²) in [6.45, 7) is 4.79. The Morgan fingerprint density at radius 3 is 1.93 bits per heavy atom. The first-order valence-electron chi connectivity index (χ1n) is 4.36. The van der Waals surface area contributed by atoms with Crippen molar-refractivity contribution < 1.29 is 24.9 Å². The normalized spacial score (nSPS) is 17.5. The van der Waals surface area contributed by atoms with Crippen molar-refractivity contribution in [3.8, 4) is 0 Å². The molecule has 0 rings (SSSR count). The SMILES string of the molecule is CC(C)CC(C)(C(=O)O)C(O)C(=O)O. The first-order valence-corrected chi connectivity index (χ1v) is 4.36. The van der Waals surface area contributed by atoms with E-state index in [-0.39, 0.29) is 12.3 Å². The van der Waals surface area contributed by atoms with E-state index in [1.807, 2.05) is 0 Å². The molecule has 2 unspecified atom stereocenters. The van der Waals surface area contributed by atoms with Gasteiger partial charge in [-0.15, -0.1) is 0 Å². The molecule has 0 aliphatic carbocycles. The van der Waals surface area contributed by atoms with Crippen LogP contribution < -0.4 is 0 Å². The van der Waals surface area contributed by atoms with Crippen molar-refractivity contribution in [2.75, 3.05) is 0 Å². The maximum atomic E-state index is 10.9. The highest BCUT2D eigenvalue weighted by Crippen LogP contribution is 2.30. The van der Waals surface area contributed by atoms with E-state index in [0.29, 0.717) is 0 Å². The van der Waals surface area contributed by atoms with Crippen molar-refractivity contribution >= 4 is 11.9 Å². The third-order valence-electron chi connectivity index (χ3n) is 2.16. The van der Waals surface area contributed by atoms with E-state index in [0.717, 1.165) is 0 Å². The van der Waals surface area contributed by atoms with Gasteiger partial charge in [0.2, 0.25) is 0 Å². The molecule has 5 heteroatoms. The molecule has 0 aliphatic rings. The van der Waals surface area contributed by atoms with Crippen LogP contribution in [0, 0.1) is 11.3 Å². The van der Waals surface area contributed by atoms with Crippen molar-refractivity contribution in [2.24, 2.45) is 11.3 Å². The molecule has 0 aromatic heterocycles. The summed E-state index contributed by atoms with van der Waals surface area (Å²) in [5.74, 6) is -2.79. The molecule has 0 aromatic carbocycles. The molecule has 0 heterocycles. The maximum Gasteiger partial charge on any atom is 0.333 e. The Hall–Kier alpha value is -1.10. The quantitative estimate of drug-likeness (QED) is 0.608. The van der Waals surface area contributed by atoms with Crippen LogP contribution in [0.2, 0.25) is 0 Å². The molecule has 0 fully saturated rings. The number of carbonyl (C=O) groups is 2. The minimum absolute atomic E-state index is 0.00472. The fourth-order valence-corrected chi connectivity index (χ4v) is 1.44. The fraction of sp³-hybridized carbons (Fsp3) is 0.778. The lowest BCUT2D eigenvalue weighted by Gasteiger charge is -2.29. The van der Waals surface area contributed by atoms with Crippen LogP contribution in [-0.4, -0.2) is 33.4 Å². The molecule has 3 N–H and O–H groups in total. The van der Waals surface area contributed by atoms with Gasteiger partial charge in [0.15, 0.2) is 6.10 Å². The maximum absolute atomic E-state index is 10.9. The minimum atomic E-state index is -1.87. The van der Waals surface area contributed by atoms with Crippen LogP contribution in [0.25, 0.3) is 0 Å². The molecule has 0 amide bonds. The smallest absolute Gasteiger partial charge is 0.333 e. The van der Waals surface area contributed by atoms with Crippen molar-refractivity contribution in [1.82, 2.24) is 0 Å². The minimum Gasteiger partial charge on any atom is -0.481 e. The van der Waals surface area contributed by atoms with Crippen LogP contribution in [0.1, 0.15) is 27.2 Å². The molecule has 0 saturated heterocycles. The molecule has 2 atom stereocenters. The van der Waals surface area contributed by atoms with Gasteiger partial charge in [-0.3, -0.25) is 4.79 Å². The highest BCUT2D eigenvalue weighted by Gasteiger charge is 2.45. The van der Waals surface area contributed by atoms with Gasteiger partial charge in [0.05, 0.1) is 0 Å². The summed E-state index contributed by atoms with van der Waals surface area (Å²) >= 11 is 0. The van der Waals surface area contributed by atoms with Crippen molar-refractivity contribution in [3.63, 3.8) is 0 Å². The zero-order chi connectivity index (χ0) is 11.5. The number of aliphatic hydroxyl groups is 1. The predicted molar refractivity (Wildman–Crippen MR) is 48.8 cm³/mol. The second-order valence-electron chi connectivity index (χ2n) is 4.06. The molecule has 0 radical (unpaired) electrons. The van der Waals surface area contributed by atoms with E-state index in [9.17, 15) is 14.7 Å². The second kappa shape index (κ2) is 4.41. The number of rotatable bonds is 5. The Labute approximate surface area is 82.4 Å². The van der Waals surface area contributed by atoms with Gasteiger partial charge in [0, 0.05) is 0 Å². The number of hydrogen-bond donors (Lipinski definition) is 3. The molecule has 0 aromatic rings. The van der Waals surface area contributed by atoms with E-state index in [1.54, 1.807) is 13.8 Å². The van der Waals surface area contributed by atoms with Crippen LogP contribution in [0.3, 0.4) is 0 Å². The summed E-state index contributed by atoms with van der Waals surface area (Å²) < 4.78 is 0. The number of carboxylic acid groups (broad SMARTS) is 2. The van der Waals surface area contributed by atoms with Gasteiger partial charge in [-0.05, 0) is 19.3 Å².